The number of nitrogens with zero attached hydrogens (tertiary/aromatic N) is 4. The highest BCUT2D eigenvalue weighted by molar-refractivity contribution is 5.46. The van der Waals surface area contributed by atoms with Gasteiger partial charge in [-0.15, -0.1) is 0 Å². The molecule has 0 N–H and O–H groups in total. The van der Waals surface area contributed by atoms with Gasteiger partial charge >= 0.3 is 0 Å². The molecule has 1 aromatic carbocycles. The van der Waals surface area contributed by atoms with Crippen LogP contribution in [0.25, 0.3) is 0 Å². The highest BCUT2D eigenvalue weighted by Gasteiger charge is 2.49. The molecule has 4 nitrogen and oxygen atoms in total. The summed E-state index contributed by atoms with van der Waals surface area (Å²) in [7, 11) is 2.19. The zero-order valence-corrected chi connectivity index (χ0v) is 15.4. The molecule has 2 fully saturated rings. The molecule has 5 heteroatoms. The number of hydrogen-bond donors (Lipinski definition) is 0. The SMILES string of the molecule is CN(CC1(N2CCN(Cc3ncccc3F)CC2)CC1)c1ccccc1. The molecule has 0 bridgehead atoms. The summed E-state index contributed by atoms with van der Waals surface area (Å²) in [6.07, 6.45) is 4.23. The molecule has 1 saturated carbocycles. The van der Waals surface area contributed by atoms with Crippen LogP contribution in [-0.4, -0.2) is 60.1 Å². The molecule has 0 atom stereocenters. The van der Waals surface area contributed by atoms with Crippen LogP contribution in [0.15, 0.2) is 48.7 Å². The third kappa shape index (κ3) is 3.74. The quantitative estimate of drug-likeness (QED) is 0.795. The van der Waals surface area contributed by atoms with Crippen LogP contribution in [0.5, 0.6) is 0 Å². The molecule has 4 rings (SSSR count). The summed E-state index contributed by atoms with van der Waals surface area (Å²) in [5.41, 5.74) is 2.17. The van der Waals surface area contributed by atoms with Crippen molar-refractivity contribution < 1.29 is 4.39 Å². The summed E-state index contributed by atoms with van der Waals surface area (Å²) in [5, 5.41) is 0. The zero-order valence-electron chi connectivity index (χ0n) is 15.4. The standard InChI is InChI=1S/C21H27FN4/c1-24(18-6-3-2-4-7-18)17-21(9-10-21)26-14-12-25(13-15-26)16-20-19(22)8-5-11-23-20/h2-8,11H,9-10,12-17H2,1H3. The normalized spacial score (nSPS) is 20.1. The van der Waals surface area contributed by atoms with Gasteiger partial charge in [-0.05, 0) is 37.1 Å². The largest absolute Gasteiger partial charge is 0.373 e. The Morgan fingerprint density at radius 1 is 1.04 bits per heavy atom. The number of pyridine rings is 1. The van der Waals surface area contributed by atoms with E-state index in [0.29, 0.717) is 17.8 Å². The first-order valence-corrected chi connectivity index (χ1v) is 9.49. The molecule has 138 valence electrons. The van der Waals surface area contributed by atoms with Gasteiger partial charge in [0.05, 0.1) is 5.69 Å². The minimum atomic E-state index is -0.196. The highest BCUT2D eigenvalue weighted by Crippen LogP contribution is 2.43. The van der Waals surface area contributed by atoms with Crippen molar-refractivity contribution in [3.05, 3.63) is 60.2 Å². The average Bonchev–Trinajstić information content (AvgIpc) is 3.45. The van der Waals surface area contributed by atoms with E-state index in [2.05, 4.69) is 57.1 Å². The number of anilines is 1. The van der Waals surface area contributed by atoms with E-state index in [4.69, 9.17) is 0 Å². The first-order chi connectivity index (χ1) is 12.7. The highest BCUT2D eigenvalue weighted by atomic mass is 19.1. The molecule has 0 spiro atoms. The number of piperazine rings is 1. The Labute approximate surface area is 155 Å². The van der Waals surface area contributed by atoms with E-state index in [1.54, 1.807) is 12.3 Å². The lowest BCUT2D eigenvalue weighted by Crippen LogP contribution is -2.54. The van der Waals surface area contributed by atoms with Crippen molar-refractivity contribution in [2.75, 3.05) is 44.7 Å². The number of hydrogen-bond acceptors (Lipinski definition) is 4. The Morgan fingerprint density at radius 2 is 1.77 bits per heavy atom. The van der Waals surface area contributed by atoms with Gasteiger partial charge in [-0.2, -0.15) is 0 Å². The van der Waals surface area contributed by atoms with Crippen LogP contribution in [-0.2, 0) is 6.54 Å². The lowest BCUT2D eigenvalue weighted by atomic mass is 10.1. The van der Waals surface area contributed by atoms with Crippen molar-refractivity contribution in [1.82, 2.24) is 14.8 Å². The van der Waals surface area contributed by atoms with Crippen molar-refractivity contribution in [3.8, 4) is 0 Å². The van der Waals surface area contributed by atoms with Crippen LogP contribution in [0.3, 0.4) is 0 Å². The van der Waals surface area contributed by atoms with E-state index in [-0.39, 0.29) is 5.82 Å². The lowest BCUT2D eigenvalue weighted by Gasteiger charge is -2.41. The second kappa shape index (κ2) is 7.33. The second-order valence-electron chi connectivity index (χ2n) is 7.61. The maximum absolute atomic E-state index is 13.8. The Kier molecular flexibility index (Phi) is 4.92. The monoisotopic (exact) mass is 354 g/mol. The summed E-state index contributed by atoms with van der Waals surface area (Å²) >= 11 is 0. The van der Waals surface area contributed by atoms with Gasteiger partial charge in [-0.25, -0.2) is 4.39 Å². The Hall–Kier alpha value is -1.98. The maximum Gasteiger partial charge on any atom is 0.146 e. The van der Waals surface area contributed by atoms with Crippen molar-refractivity contribution in [1.29, 1.82) is 0 Å². The molecule has 26 heavy (non-hydrogen) atoms. The lowest BCUT2D eigenvalue weighted by molar-refractivity contribution is 0.0821. The number of aromatic nitrogens is 1. The first-order valence-electron chi connectivity index (χ1n) is 9.49. The fraction of sp³-hybridized carbons (Fsp3) is 0.476. The Bertz CT molecular complexity index is 724. The molecule has 1 aliphatic heterocycles. The third-order valence-corrected chi connectivity index (χ3v) is 5.81. The van der Waals surface area contributed by atoms with Crippen LogP contribution in [0.1, 0.15) is 18.5 Å². The van der Waals surface area contributed by atoms with Gasteiger partial charge in [-0.3, -0.25) is 14.8 Å². The number of benzene rings is 1. The van der Waals surface area contributed by atoms with Gasteiger partial charge in [-0.1, -0.05) is 18.2 Å². The molecular weight excluding hydrogens is 327 g/mol. The summed E-state index contributed by atoms with van der Waals surface area (Å²) in [5.74, 6) is -0.196. The van der Waals surface area contributed by atoms with Crippen molar-refractivity contribution in [3.63, 3.8) is 0 Å². The van der Waals surface area contributed by atoms with Crippen LogP contribution < -0.4 is 4.90 Å². The fourth-order valence-electron chi connectivity index (χ4n) is 4.06. The molecule has 1 aromatic heterocycles. The van der Waals surface area contributed by atoms with Gasteiger partial charge in [0, 0.05) is 63.7 Å². The minimum absolute atomic E-state index is 0.196. The van der Waals surface area contributed by atoms with Crippen LogP contribution >= 0.6 is 0 Å². The molecule has 1 saturated heterocycles. The number of rotatable bonds is 6. The molecule has 0 unspecified atom stereocenters. The molecule has 2 heterocycles. The van der Waals surface area contributed by atoms with E-state index in [1.165, 1.54) is 24.6 Å². The first kappa shape index (κ1) is 17.4. The van der Waals surface area contributed by atoms with Crippen LogP contribution in [0.4, 0.5) is 10.1 Å². The summed E-state index contributed by atoms with van der Waals surface area (Å²) in [6, 6.07) is 13.8. The van der Waals surface area contributed by atoms with Gasteiger partial charge in [0.2, 0.25) is 0 Å². The van der Waals surface area contributed by atoms with E-state index < -0.39 is 0 Å². The predicted molar refractivity (Wildman–Crippen MR) is 103 cm³/mol. The topological polar surface area (TPSA) is 22.6 Å². The van der Waals surface area contributed by atoms with Crippen molar-refractivity contribution >= 4 is 5.69 Å². The van der Waals surface area contributed by atoms with E-state index in [1.807, 2.05) is 0 Å². The summed E-state index contributed by atoms with van der Waals surface area (Å²) in [6.45, 7) is 5.75. The average molecular weight is 354 g/mol. The van der Waals surface area contributed by atoms with Crippen LogP contribution in [0.2, 0.25) is 0 Å². The van der Waals surface area contributed by atoms with Gasteiger partial charge < -0.3 is 4.90 Å². The maximum atomic E-state index is 13.8. The van der Waals surface area contributed by atoms with Gasteiger partial charge in [0.1, 0.15) is 5.82 Å². The Morgan fingerprint density at radius 3 is 2.42 bits per heavy atom. The summed E-state index contributed by atoms with van der Waals surface area (Å²) < 4.78 is 13.8. The smallest absolute Gasteiger partial charge is 0.146 e. The van der Waals surface area contributed by atoms with Crippen molar-refractivity contribution in [2.24, 2.45) is 0 Å². The number of halogens is 1. The molecule has 2 aliphatic rings. The molecule has 2 aromatic rings. The summed E-state index contributed by atoms with van der Waals surface area (Å²) in [4.78, 5) is 11.5. The fourth-order valence-corrected chi connectivity index (χ4v) is 4.06. The van der Waals surface area contributed by atoms with Gasteiger partial charge in [0.15, 0.2) is 0 Å². The molecule has 0 amide bonds. The van der Waals surface area contributed by atoms with Crippen molar-refractivity contribution in [2.45, 2.75) is 24.9 Å². The molecule has 0 radical (unpaired) electrons. The molecular formula is C21H27FN4. The van der Waals surface area contributed by atoms with Crippen LogP contribution in [0, 0.1) is 5.82 Å². The molecule has 1 aliphatic carbocycles. The number of para-hydroxylation sites is 1. The van der Waals surface area contributed by atoms with Gasteiger partial charge in [0.25, 0.3) is 0 Å². The zero-order chi connectivity index (χ0) is 18.0. The minimum Gasteiger partial charge on any atom is -0.373 e. The van der Waals surface area contributed by atoms with E-state index >= 15 is 0 Å². The predicted octanol–water partition coefficient (Wildman–Crippen LogP) is 3.01. The second-order valence-corrected chi connectivity index (χ2v) is 7.61. The Balaban J connectivity index is 1.32. The van der Waals surface area contributed by atoms with E-state index in [0.717, 1.165) is 32.7 Å². The van der Waals surface area contributed by atoms with E-state index in [9.17, 15) is 4.39 Å². The number of likely N-dealkylation sites (N-methyl/N-ethyl adjacent to an activating group) is 1. The third-order valence-electron chi connectivity index (χ3n) is 5.81.